The quantitative estimate of drug-likeness (QED) is 0.684. The van der Waals surface area contributed by atoms with E-state index in [-0.39, 0.29) is 0 Å². The number of hydrogen-bond donors (Lipinski definition) is 3. The van der Waals surface area contributed by atoms with E-state index in [0.29, 0.717) is 31.4 Å². The lowest BCUT2D eigenvalue weighted by atomic mass is 10.0. The van der Waals surface area contributed by atoms with E-state index < -0.39 is 5.97 Å². The fourth-order valence-electron chi connectivity index (χ4n) is 2.18. The number of carbonyl (C=O) groups is 1. The maximum Gasteiger partial charge on any atom is 0.354 e. The van der Waals surface area contributed by atoms with Gasteiger partial charge in [0.1, 0.15) is 0 Å². The van der Waals surface area contributed by atoms with Gasteiger partial charge in [0.2, 0.25) is 0 Å². The van der Waals surface area contributed by atoms with Crippen LogP contribution in [0.2, 0.25) is 0 Å². The number of hydrogen-bond acceptors (Lipinski definition) is 4. The molecule has 0 saturated heterocycles. The molecule has 2 heterocycles. The molecule has 0 aromatic carbocycles. The Morgan fingerprint density at radius 2 is 2.47 bits per heavy atom. The third-order valence-corrected chi connectivity index (χ3v) is 3.04. The van der Waals surface area contributed by atoms with Crippen molar-refractivity contribution in [3.63, 3.8) is 0 Å². The van der Waals surface area contributed by atoms with Crippen molar-refractivity contribution < 1.29 is 9.90 Å². The van der Waals surface area contributed by atoms with Crippen LogP contribution in [-0.4, -0.2) is 33.4 Å². The Morgan fingerprint density at radius 1 is 1.71 bits per heavy atom. The number of carboxylic acids is 1. The molecule has 0 radical (unpaired) electrons. The third-order valence-electron chi connectivity index (χ3n) is 3.04. The minimum absolute atomic E-state index is 0.313. The zero-order valence-corrected chi connectivity index (χ0v) is 9.94. The highest BCUT2D eigenvalue weighted by molar-refractivity contribution is 5.87. The molecule has 1 aromatic heterocycles. The molecule has 2 rings (SSSR count). The van der Waals surface area contributed by atoms with Gasteiger partial charge in [-0.1, -0.05) is 0 Å². The summed E-state index contributed by atoms with van der Waals surface area (Å²) in [7, 11) is 0. The molecule has 1 aliphatic heterocycles. The Bertz CT molecular complexity index is 427. The molecule has 1 aromatic rings. The number of aryl methyl sites for hydroxylation is 1. The summed E-state index contributed by atoms with van der Waals surface area (Å²) in [4.78, 5) is 11.3. The van der Waals surface area contributed by atoms with Crippen molar-refractivity contribution in [1.29, 1.82) is 0 Å². The highest BCUT2D eigenvalue weighted by atomic mass is 16.4. The van der Waals surface area contributed by atoms with Crippen molar-refractivity contribution >= 4 is 5.97 Å². The van der Waals surface area contributed by atoms with Crippen LogP contribution in [0, 0.1) is 0 Å². The number of carboxylic acid groups (broad SMARTS) is 1. The number of fused-ring (bicyclic) bond motifs is 1. The Labute approximate surface area is 99.8 Å². The van der Waals surface area contributed by atoms with E-state index in [1.54, 1.807) is 4.68 Å². The van der Waals surface area contributed by atoms with Gasteiger partial charge in [-0.25, -0.2) is 4.79 Å². The van der Waals surface area contributed by atoms with Gasteiger partial charge in [0.25, 0.3) is 0 Å². The van der Waals surface area contributed by atoms with Crippen molar-refractivity contribution in [2.75, 3.05) is 6.54 Å². The van der Waals surface area contributed by atoms with Gasteiger partial charge in [-0.3, -0.25) is 4.68 Å². The minimum atomic E-state index is -0.910. The minimum Gasteiger partial charge on any atom is -0.477 e. The molecule has 0 spiro atoms. The molecule has 6 heteroatoms. The molecule has 94 valence electrons. The van der Waals surface area contributed by atoms with Gasteiger partial charge >= 0.3 is 5.97 Å². The maximum absolute atomic E-state index is 11.3. The molecule has 0 fully saturated rings. The third kappa shape index (κ3) is 2.32. The van der Waals surface area contributed by atoms with Crippen molar-refractivity contribution in [2.24, 2.45) is 5.73 Å². The fourth-order valence-corrected chi connectivity index (χ4v) is 2.18. The van der Waals surface area contributed by atoms with E-state index in [2.05, 4.69) is 17.3 Å². The van der Waals surface area contributed by atoms with Crippen LogP contribution in [0.1, 0.15) is 35.1 Å². The highest BCUT2D eigenvalue weighted by Gasteiger charge is 2.26. The molecular formula is C11H18N4O2. The average Bonchev–Trinajstić information content (AvgIpc) is 2.63. The summed E-state index contributed by atoms with van der Waals surface area (Å²) in [6.07, 6.45) is 1.52. The van der Waals surface area contributed by atoms with Gasteiger partial charge in [-0.15, -0.1) is 0 Å². The number of nitrogens with two attached hydrogens (primary N) is 1. The van der Waals surface area contributed by atoms with E-state index in [4.69, 9.17) is 5.73 Å². The molecule has 4 N–H and O–H groups in total. The molecule has 0 amide bonds. The second kappa shape index (κ2) is 4.85. The zero-order chi connectivity index (χ0) is 12.4. The summed E-state index contributed by atoms with van der Waals surface area (Å²) in [6, 6.07) is 0.349. The number of nitrogens with one attached hydrogen (secondary N) is 1. The van der Waals surface area contributed by atoms with Crippen LogP contribution >= 0.6 is 0 Å². The molecule has 6 nitrogen and oxygen atoms in total. The fraction of sp³-hybridized carbons (Fsp3) is 0.636. The molecule has 0 aliphatic carbocycles. The predicted octanol–water partition coefficient (Wildman–Crippen LogP) is -0.0357. The lowest BCUT2D eigenvalue weighted by Gasteiger charge is -2.18. The summed E-state index contributed by atoms with van der Waals surface area (Å²) < 4.78 is 1.58. The molecule has 0 saturated carbocycles. The number of rotatable bonds is 4. The first-order chi connectivity index (χ1) is 8.13. The lowest BCUT2D eigenvalue weighted by molar-refractivity contribution is 0.0681. The van der Waals surface area contributed by atoms with Crippen LogP contribution in [0.3, 0.4) is 0 Å². The second-order valence-corrected chi connectivity index (χ2v) is 4.43. The summed E-state index contributed by atoms with van der Waals surface area (Å²) in [5, 5.41) is 16.9. The maximum atomic E-state index is 11.3. The molecule has 1 aliphatic rings. The monoisotopic (exact) mass is 238 g/mol. The summed E-state index contributed by atoms with van der Waals surface area (Å²) in [6.45, 7) is 3.76. The van der Waals surface area contributed by atoms with Gasteiger partial charge < -0.3 is 16.2 Å². The number of aromatic carboxylic acids is 1. The van der Waals surface area contributed by atoms with E-state index in [0.717, 1.165) is 24.1 Å². The van der Waals surface area contributed by atoms with Crippen molar-refractivity contribution in [3.05, 3.63) is 17.0 Å². The topological polar surface area (TPSA) is 93.2 Å². The molecule has 17 heavy (non-hydrogen) atoms. The Hall–Kier alpha value is -1.40. The van der Waals surface area contributed by atoms with Crippen molar-refractivity contribution in [1.82, 2.24) is 15.1 Å². The SMILES string of the molecule is C[C@@H]1Cc2nn(CCCN)c(C(=O)O)c2CN1. The van der Waals surface area contributed by atoms with E-state index in [1.165, 1.54) is 0 Å². The first kappa shape index (κ1) is 12.1. The largest absolute Gasteiger partial charge is 0.477 e. The van der Waals surface area contributed by atoms with E-state index >= 15 is 0 Å². The summed E-state index contributed by atoms with van der Waals surface area (Å²) >= 11 is 0. The lowest BCUT2D eigenvalue weighted by Crippen LogP contribution is -2.33. The number of aromatic nitrogens is 2. The van der Waals surface area contributed by atoms with Gasteiger partial charge in [-0.05, 0) is 19.9 Å². The van der Waals surface area contributed by atoms with Gasteiger partial charge in [0, 0.05) is 31.1 Å². The average molecular weight is 238 g/mol. The van der Waals surface area contributed by atoms with Crippen molar-refractivity contribution in [2.45, 2.75) is 38.9 Å². The van der Waals surface area contributed by atoms with Crippen LogP contribution in [0.25, 0.3) is 0 Å². The smallest absolute Gasteiger partial charge is 0.354 e. The van der Waals surface area contributed by atoms with E-state index in [1.807, 2.05) is 0 Å². The Morgan fingerprint density at radius 3 is 3.12 bits per heavy atom. The first-order valence-corrected chi connectivity index (χ1v) is 5.88. The van der Waals surface area contributed by atoms with Crippen LogP contribution in [0.5, 0.6) is 0 Å². The number of nitrogens with zero attached hydrogens (tertiary/aromatic N) is 2. The van der Waals surface area contributed by atoms with Gasteiger partial charge in [-0.2, -0.15) is 5.10 Å². The van der Waals surface area contributed by atoms with E-state index in [9.17, 15) is 9.90 Å². The standard InChI is InChI=1S/C11H18N4O2/c1-7-5-9-8(6-13-7)10(11(16)17)15(14-9)4-2-3-12/h7,13H,2-6,12H2,1H3,(H,16,17)/t7-/m1/s1. The molecule has 0 bridgehead atoms. The van der Waals surface area contributed by atoms with Crippen LogP contribution < -0.4 is 11.1 Å². The van der Waals surface area contributed by atoms with Crippen molar-refractivity contribution in [3.8, 4) is 0 Å². The van der Waals surface area contributed by atoms with Crippen LogP contribution in [0.15, 0.2) is 0 Å². The molecule has 0 unspecified atom stereocenters. The Kier molecular flexibility index (Phi) is 3.44. The normalized spacial score (nSPS) is 19.1. The molecular weight excluding hydrogens is 220 g/mol. The Balaban J connectivity index is 2.35. The zero-order valence-electron chi connectivity index (χ0n) is 9.94. The van der Waals surface area contributed by atoms with Crippen LogP contribution in [-0.2, 0) is 19.5 Å². The predicted molar refractivity (Wildman–Crippen MR) is 62.9 cm³/mol. The summed E-state index contributed by atoms with van der Waals surface area (Å²) in [5.74, 6) is -0.910. The van der Waals surface area contributed by atoms with Crippen LogP contribution in [0.4, 0.5) is 0 Å². The highest BCUT2D eigenvalue weighted by Crippen LogP contribution is 2.20. The molecule has 1 atom stereocenters. The summed E-state index contributed by atoms with van der Waals surface area (Å²) in [5.41, 5.74) is 7.49. The second-order valence-electron chi connectivity index (χ2n) is 4.43. The van der Waals surface area contributed by atoms with Gasteiger partial charge in [0.15, 0.2) is 5.69 Å². The van der Waals surface area contributed by atoms with Gasteiger partial charge in [0.05, 0.1) is 5.69 Å². The first-order valence-electron chi connectivity index (χ1n) is 5.88.